The Morgan fingerprint density at radius 2 is 2.00 bits per heavy atom. The monoisotopic (exact) mass is 508 g/mol. The van der Waals surface area contributed by atoms with Crippen LogP contribution in [-0.4, -0.2) is 36.8 Å². The molecule has 38 heavy (non-hydrogen) atoms. The zero-order valence-corrected chi connectivity index (χ0v) is 19.9. The highest BCUT2D eigenvalue weighted by Gasteiger charge is 2.26. The Hall–Kier alpha value is -5.12. The van der Waals surface area contributed by atoms with E-state index in [4.69, 9.17) is 5.73 Å². The second kappa shape index (κ2) is 9.07. The fourth-order valence-corrected chi connectivity index (χ4v) is 4.89. The van der Waals surface area contributed by atoms with Gasteiger partial charge in [0, 0.05) is 17.4 Å². The van der Waals surface area contributed by atoms with Crippen LogP contribution < -0.4 is 11.1 Å². The van der Waals surface area contributed by atoms with E-state index in [-0.39, 0.29) is 28.8 Å². The van der Waals surface area contributed by atoms with Crippen molar-refractivity contribution in [3.05, 3.63) is 95.1 Å². The number of nitrogens with one attached hydrogen (secondary N) is 1. The van der Waals surface area contributed by atoms with E-state index >= 15 is 0 Å². The molecule has 0 aliphatic heterocycles. The number of aromatic hydroxyl groups is 1. The van der Waals surface area contributed by atoms with Crippen LogP contribution in [0.4, 0.5) is 10.2 Å². The van der Waals surface area contributed by atoms with Gasteiger partial charge < -0.3 is 16.2 Å². The number of amides is 1. The molecular weight excluding hydrogens is 487 g/mol. The molecule has 188 valence electrons. The lowest BCUT2D eigenvalue weighted by Gasteiger charge is -2.16. The van der Waals surface area contributed by atoms with Gasteiger partial charge >= 0.3 is 0 Å². The highest BCUT2D eigenvalue weighted by Crippen LogP contribution is 2.36. The highest BCUT2D eigenvalue weighted by molar-refractivity contribution is 5.96. The van der Waals surface area contributed by atoms with Gasteiger partial charge in [-0.25, -0.2) is 9.97 Å². The molecule has 0 fully saturated rings. The summed E-state index contributed by atoms with van der Waals surface area (Å²) in [5.74, 6) is -0.362. The van der Waals surface area contributed by atoms with Crippen molar-refractivity contribution in [2.45, 2.75) is 18.9 Å². The Morgan fingerprint density at radius 3 is 2.82 bits per heavy atom. The van der Waals surface area contributed by atoms with Gasteiger partial charge in [0.1, 0.15) is 17.1 Å². The van der Waals surface area contributed by atoms with Gasteiger partial charge in [-0.05, 0) is 78.6 Å². The number of nitrogen functional groups attached to an aromatic ring is 1. The van der Waals surface area contributed by atoms with Gasteiger partial charge in [-0.2, -0.15) is 9.37 Å². The number of anilines is 1. The average Bonchev–Trinajstić information content (AvgIpc) is 3.49. The lowest BCUT2D eigenvalue weighted by atomic mass is 10.1. The number of carbonyl (C=O) groups is 2. The van der Waals surface area contributed by atoms with Gasteiger partial charge in [-0.3, -0.25) is 14.2 Å². The van der Waals surface area contributed by atoms with E-state index in [1.807, 2.05) is 18.2 Å². The first-order valence-corrected chi connectivity index (χ1v) is 11.9. The number of phenols is 1. The van der Waals surface area contributed by atoms with Crippen molar-refractivity contribution in [2.75, 3.05) is 5.73 Å². The summed E-state index contributed by atoms with van der Waals surface area (Å²) in [6, 6.07) is 16.1. The van der Waals surface area contributed by atoms with Gasteiger partial charge in [0.2, 0.25) is 5.95 Å². The summed E-state index contributed by atoms with van der Waals surface area (Å²) in [6.45, 7) is 0. The number of nitrogens with two attached hydrogens (primary N) is 1. The molecule has 3 heterocycles. The van der Waals surface area contributed by atoms with Crippen LogP contribution in [0.15, 0.2) is 66.9 Å². The number of aryl methyl sites for hydroxylation is 1. The third kappa shape index (κ3) is 3.92. The molecule has 10 heteroatoms. The van der Waals surface area contributed by atoms with E-state index in [1.165, 1.54) is 24.3 Å². The zero-order chi connectivity index (χ0) is 26.4. The smallest absolute Gasteiger partial charge is 0.251 e. The maximum atomic E-state index is 14.2. The number of carbonyl (C=O) groups excluding carboxylic acids is 2. The van der Waals surface area contributed by atoms with E-state index in [1.54, 1.807) is 29.0 Å². The van der Waals surface area contributed by atoms with Crippen LogP contribution >= 0.6 is 0 Å². The molecule has 0 unspecified atom stereocenters. The Balaban J connectivity index is 1.37. The largest absolute Gasteiger partial charge is 0.507 e. The van der Waals surface area contributed by atoms with E-state index in [9.17, 15) is 19.1 Å². The molecule has 6 rings (SSSR count). The average molecular weight is 509 g/mol. The second-order valence-electron chi connectivity index (χ2n) is 9.02. The minimum Gasteiger partial charge on any atom is -0.507 e. The SMILES string of the molecule is Nc1ncccc1-c1nc2ccc(F)nc2n1-c1ccc2c(c1)CC[C@@H]2NC(=O)c1ccc(O)c(C=O)c1. The Kier molecular flexibility index (Phi) is 5.56. The van der Waals surface area contributed by atoms with Crippen LogP contribution in [0.25, 0.3) is 28.2 Å². The molecule has 0 saturated carbocycles. The molecule has 1 atom stereocenters. The van der Waals surface area contributed by atoms with E-state index in [0.717, 1.165) is 16.8 Å². The number of aldehydes is 1. The van der Waals surface area contributed by atoms with Crippen LogP contribution in [0.2, 0.25) is 0 Å². The van der Waals surface area contributed by atoms with Crippen molar-refractivity contribution in [2.24, 2.45) is 0 Å². The molecular formula is C28H21FN6O3. The van der Waals surface area contributed by atoms with Gasteiger partial charge in [0.05, 0.1) is 17.2 Å². The molecule has 4 N–H and O–H groups in total. The number of phenolic OH excluding ortho intramolecular Hbond substituents is 1. The summed E-state index contributed by atoms with van der Waals surface area (Å²) in [5, 5.41) is 12.7. The maximum Gasteiger partial charge on any atom is 0.251 e. The first-order valence-electron chi connectivity index (χ1n) is 11.9. The van der Waals surface area contributed by atoms with E-state index in [2.05, 4.69) is 20.3 Å². The molecule has 2 aromatic carbocycles. The fourth-order valence-electron chi connectivity index (χ4n) is 4.89. The summed E-state index contributed by atoms with van der Waals surface area (Å²) in [7, 11) is 0. The van der Waals surface area contributed by atoms with Crippen molar-refractivity contribution in [1.29, 1.82) is 0 Å². The molecule has 1 aliphatic rings. The van der Waals surface area contributed by atoms with Crippen molar-refractivity contribution in [3.8, 4) is 22.8 Å². The second-order valence-corrected chi connectivity index (χ2v) is 9.02. The predicted molar refractivity (Wildman–Crippen MR) is 138 cm³/mol. The molecule has 0 bridgehead atoms. The van der Waals surface area contributed by atoms with Crippen LogP contribution in [0, 0.1) is 5.95 Å². The fraction of sp³-hybridized carbons (Fsp3) is 0.107. The quantitative estimate of drug-likeness (QED) is 0.240. The topological polar surface area (TPSA) is 136 Å². The molecule has 5 aromatic rings. The Labute approximate surface area is 215 Å². The van der Waals surface area contributed by atoms with Gasteiger partial charge in [0.15, 0.2) is 17.8 Å². The van der Waals surface area contributed by atoms with Crippen LogP contribution in [0.3, 0.4) is 0 Å². The molecule has 0 spiro atoms. The third-order valence-corrected chi connectivity index (χ3v) is 6.73. The number of nitrogens with zero attached hydrogens (tertiary/aromatic N) is 4. The Bertz CT molecular complexity index is 1750. The normalized spacial score (nSPS) is 14.4. The Morgan fingerprint density at radius 1 is 1.13 bits per heavy atom. The molecule has 1 aliphatic carbocycles. The number of hydrogen-bond donors (Lipinski definition) is 3. The van der Waals surface area contributed by atoms with Crippen LogP contribution in [0.5, 0.6) is 5.75 Å². The predicted octanol–water partition coefficient (Wildman–Crippen LogP) is 4.14. The number of imidazole rings is 1. The number of pyridine rings is 2. The molecule has 1 amide bonds. The lowest BCUT2D eigenvalue weighted by molar-refractivity contribution is 0.0936. The van der Waals surface area contributed by atoms with Crippen molar-refractivity contribution in [1.82, 2.24) is 24.8 Å². The maximum absolute atomic E-state index is 14.2. The minimum atomic E-state index is -0.625. The van der Waals surface area contributed by atoms with E-state index in [0.29, 0.717) is 47.5 Å². The first-order chi connectivity index (χ1) is 18.4. The minimum absolute atomic E-state index is 0.0526. The summed E-state index contributed by atoms with van der Waals surface area (Å²) in [5.41, 5.74) is 10.7. The molecule has 0 radical (unpaired) electrons. The number of hydrogen-bond acceptors (Lipinski definition) is 7. The number of aromatic nitrogens is 4. The van der Waals surface area contributed by atoms with Crippen LogP contribution in [0.1, 0.15) is 44.3 Å². The highest BCUT2D eigenvalue weighted by atomic mass is 19.1. The summed E-state index contributed by atoms with van der Waals surface area (Å²) >= 11 is 0. The molecule has 3 aromatic heterocycles. The van der Waals surface area contributed by atoms with Gasteiger partial charge in [-0.1, -0.05) is 6.07 Å². The van der Waals surface area contributed by atoms with Crippen molar-refractivity contribution in [3.63, 3.8) is 0 Å². The first kappa shape index (κ1) is 23.3. The molecule has 9 nitrogen and oxygen atoms in total. The number of rotatable bonds is 5. The summed E-state index contributed by atoms with van der Waals surface area (Å²) < 4.78 is 15.9. The van der Waals surface area contributed by atoms with Gasteiger partial charge in [0.25, 0.3) is 5.91 Å². The number of fused-ring (bicyclic) bond motifs is 2. The van der Waals surface area contributed by atoms with Crippen molar-refractivity contribution >= 4 is 29.2 Å². The lowest BCUT2D eigenvalue weighted by Crippen LogP contribution is -2.27. The van der Waals surface area contributed by atoms with Crippen LogP contribution in [-0.2, 0) is 6.42 Å². The summed E-state index contributed by atoms with van der Waals surface area (Å²) in [4.78, 5) is 37.0. The number of benzene rings is 2. The summed E-state index contributed by atoms with van der Waals surface area (Å²) in [6.07, 6.45) is 3.49. The zero-order valence-electron chi connectivity index (χ0n) is 19.9. The third-order valence-electron chi connectivity index (χ3n) is 6.73. The standard InChI is InChI=1S/C28H21FN6O3/c29-24-10-8-22-27(34-24)35(26(32-22)20-2-1-11-31-25(20)30)18-5-6-19-15(13-18)3-7-21(19)33-28(38)16-4-9-23(37)17(12-16)14-36/h1-2,4-6,8-14,21,37H,3,7H2,(H2,30,31)(H,33,38)/t21-/m0/s1. The van der Waals surface area contributed by atoms with Gasteiger partial charge in [-0.15, -0.1) is 0 Å². The molecule has 0 saturated heterocycles. The van der Waals surface area contributed by atoms with Crippen molar-refractivity contribution < 1.29 is 19.1 Å². The number of halogens is 1. The van der Waals surface area contributed by atoms with E-state index < -0.39 is 5.95 Å².